The van der Waals surface area contributed by atoms with E-state index in [9.17, 15) is 0 Å². The molecule has 0 spiro atoms. The Hall–Kier alpha value is -4.15. The molecule has 0 N–H and O–H groups in total. The average Bonchev–Trinajstić information content (AvgIpc) is 3.86. The number of rotatable bonds is 5. The second-order valence-corrected chi connectivity index (χ2v) is 14.1. The molecule has 0 amide bonds. The molecule has 3 aromatic carbocycles. The number of aromatic nitrogens is 3. The molecule has 240 valence electrons. The monoisotopic (exact) mass is 797 g/mol. The number of hydrogen-bond acceptors (Lipinski definition) is 5. The van der Waals surface area contributed by atoms with Gasteiger partial charge in [-0.3, -0.25) is 4.98 Å². The van der Waals surface area contributed by atoms with Crippen LogP contribution in [-0.2, 0) is 26.5 Å². The number of pyridine rings is 2. The van der Waals surface area contributed by atoms with E-state index in [0.717, 1.165) is 50.8 Å². The van der Waals surface area contributed by atoms with E-state index >= 15 is 0 Å². The quantitative estimate of drug-likeness (QED) is 0.163. The number of anilines is 3. The summed E-state index contributed by atoms with van der Waals surface area (Å²) in [6.45, 7) is 8.94. The molecule has 47 heavy (non-hydrogen) atoms. The fourth-order valence-electron chi connectivity index (χ4n) is 7.97. The van der Waals surface area contributed by atoms with Gasteiger partial charge in [-0.25, -0.2) is 4.98 Å². The third-order valence-corrected chi connectivity index (χ3v) is 10.2. The topological polar surface area (TPSA) is 46.4 Å². The van der Waals surface area contributed by atoms with Crippen molar-refractivity contribution >= 4 is 38.9 Å². The minimum atomic E-state index is 0. The number of fused-ring (bicyclic) bond motifs is 6. The van der Waals surface area contributed by atoms with Crippen LogP contribution in [0.4, 0.5) is 17.1 Å². The van der Waals surface area contributed by atoms with E-state index in [1.807, 2.05) is 36.8 Å². The minimum Gasteiger partial charge on any atom is -0.509 e. The van der Waals surface area contributed by atoms with Gasteiger partial charge in [-0.2, -0.15) is 18.8 Å². The van der Waals surface area contributed by atoms with E-state index < -0.39 is 0 Å². The zero-order chi connectivity index (χ0) is 31.0. The third-order valence-electron chi connectivity index (χ3n) is 10.2. The average molecular weight is 798 g/mol. The first-order chi connectivity index (χ1) is 22.4. The molecular formula is C40H36N5OPt-3. The predicted molar refractivity (Wildman–Crippen MR) is 184 cm³/mol. The largest absolute Gasteiger partial charge is 0.509 e. The van der Waals surface area contributed by atoms with E-state index in [2.05, 4.69) is 114 Å². The van der Waals surface area contributed by atoms with Crippen molar-refractivity contribution in [1.29, 1.82) is 0 Å². The zero-order valence-corrected chi connectivity index (χ0v) is 29.0. The summed E-state index contributed by atoms with van der Waals surface area (Å²) in [6.07, 6.45) is 11.1. The number of nitrogens with zero attached hydrogens (tertiary/aromatic N) is 5. The van der Waals surface area contributed by atoms with Gasteiger partial charge in [0.15, 0.2) is 0 Å². The summed E-state index contributed by atoms with van der Waals surface area (Å²) in [6, 6.07) is 32.8. The Morgan fingerprint density at radius 3 is 2.55 bits per heavy atom. The fraction of sp³-hybridized carbons (Fsp3) is 0.275. The SMILES string of the molecule is CC(C)(C)c1ccnc(-n2c3[c-]c(Oc4[c-]c(N5[CH-]N(C6CC7CCC6C7)c6ccncc65)ccc4)ccc3c3ccccc32)c1.[Pt]. The summed E-state index contributed by atoms with van der Waals surface area (Å²) in [5, 5.41) is 2.27. The van der Waals surface area contributed by atoms with Crippen molar-refractivity contribution in [1.82, 2.24) is 14.5 Å². The Balaban J connectivity index is 0.00000324. The predicted octanol–water partition coefficient (Wildman–Crippen LogP) is 9.53. The maximum Gasteiger partial charge on any atom is 0.135 e. The van der Waals surface area contributed by atoms with Gasteiger partial charge < -0.3 is 19.1 Å². The van der Waals surface area contributed by atoms with Crippen LogP contribution in [-0.4, -0.2) is 20.6 Å². The van der Waals surface area contributed by atoms with Crippen LogP contribution in [0.5, 0.6) is 11.5 Å². The van der Waals surface area contributed by atoms with Crippen LogP contribution in [0.3, 0.4) is 0 Å². The fourth-order valence-corrected chi connectivity index (χ4v) is 7.97. The van der Waals surface area contributed by atoms with Crippen LogP contribution in [0.15, 0.2) is 91.4 Å². The maximum absolute atomic E-state index is 6.49. The summed E-state index contributed by atoms with van der Waals surface area (Å²) in [5.41, 5.74) is 6.50. The van der Waals surface area contributed by atoms with Crippen LogP contribution < -0.4 is 14.5 Å². The number of hydrogen-bond donors (Lipinski definition) is 0. The first-order valence-corrected chi connectivity index (χ1v) is 16.4. The molecule has 3 aliphatic rings. The molecule has 2 bridgehead atoms. The van der Waals surface area contributed by atoms with Gasteiger partial charge in [0, 0.05) is 68.4 Å². The smallest absolute Gasteiger partial charge is 0.135 e. The summed E-state index contributed by atoms with van der Waals surface area (Å²) < 4.78 is 8.69. The Morgan fingerprint density at radius 1 is 0.851 bits per heavy atom. The standard InChI is InChI=1S/C40H36N5O.Pt/c1-40(2,3)28-15-18-42-39(21-28)45-34-10-5-4-9-32(34)33-14-13-31(23-37(33)45)46-30-8-6-7-29(22-30)43-25-44(35-16-17-41-24-38(35)43)36-20-26-11-12-27(36)19-26;/h4-10,13-18,21,24-27,36H,11-12,19-20H2,1-3H3;/q-3;. The summed E-state index contributed by atoms with van der Waals surface area (Å²) in [7, 11) is 0. The van der Waals surface area contributed by atoms with Crippen molar-refractivity contribution in [3.8, 4) is 17.3 Å². The molecule has 0 radical (unpaired) electrons. The number of para-hydroxylation sites is 1. The molecule has 3 aromatic heterocycles. The Morgan fingerprint density at radius 2 is 1.72 bits per heavy atom. The van der Waals surface area contributed by atoms with Gasteiger partial charge in [0.1, 0.15) is 5.82 Å². The summed E-state index contributed by atoms with van der Waals surface area (Å²) in [5.74, 6) is 3.79. The summed E-state index contributed by atoms with van der Waals surface area (Å²) >= 11 is 0. The molecule has 9 rings (SSSR count). The second kappa shape index (κ2) is 11.5. The van der Waals surface area contributed by atoms with E-state index in [0.29, 0.717) is 17.5 Å². The third kappa shape index (κ3) is 5.13. The Kier molecular flexibility index (Phi) is 7.40. The molecule has 0 saturated heterocycles. The molecule has 3 atom stereocenters. The van der Waals surface area contributed by atoms with Gasteiger partial charge in [-0.05, 0) is 71.7 Å². The first kappa shape index (κ1) is 30.2. The van der Waals surface area contributed by atoms with Crippen molar-refractivity contribution in [2.75, 3.05) is 9.80 Å². The Bertz CT molecular complexity index is 2120. The van der Waals surface area contributed by atoms with E-state index in [-0.39, 0.29) is 26.5 Å². The molecule has 1 aliphatic heterocycles. The molecule has 6 aromatic rings. The van der Waals surface area contributed by atoms with Crippen molar-refractivity contribution < 1.29 is 25.8 Å². The minimum absolute atomic E-state index is 0. The second-order valence-electron chi connectivity index (χ2n) is 14.1. The molecule has 4 heterocycles. The Labute approximate surface area is 290 Å². The van der Waals surface area contributed by atoms with Crippen molar-refractivity contribution in [3.05, 3.63) is 116 Å². The molecular weight excluding hydrogens is 762 g/mol. The van der Waals surface area contributed by atoms with Gasteiger partial charge in [-0.1, -0.05) is 50.9 Å². The molecule has 6 nitrogen and oxygen atoms in total. The molecule has 2 saturated carbocycles. The van der Waals surface area contributed by atoms with Gasteiger partial charge in [0.05, 0.1) is 5.69 Å². The van der Waals surface area contributed by atoms with Crippen molar-refractivity contribution in [2.24, 2.45) is 11.8 Å². The normalized spacial score (nSPS) is 20.2. The van der Waals surface area contributed by atoms with Crippen LogP contribution in [0.2, 0.25) is 0 Å². The van der Waals surface area contributed by atoms with Crippen molar-refractivity contribution in [2.45, 2.75) is 57.9 Å². The van der Waals surface area contributed by atoms with Crippen LogP contribution in [0, 0.1) is 30.6 Å². The van der Waals surface area contributed by atoms with Gasteiger partial charge >= 0.3 is 0 Å². The van der Waals surface area contributed by atoms with Crippen LogP contribution in [0.1, 0.15) is 52.0 Å². The van der Waals surface area contributed by atoms with Crippen LogP contribution in [0.25, 0.3) is 27.6 Å². The molecule has 2 aliphatic carbocycles. The van der Waals surface area contributed by atoms with Gasteiger partial charge in [-0.15, -0.1) is 41.4 Å². The number of ether oxygens (including phenoxy) is 1. The summed E-state index contributed by atoms with van der Waals surface area (Å²) in [4.78, 5) is 14.0. The van der Waals surface area contributed by atoms with E-state index in [4.69, 9.17) is 9.72 Å². The van der Waals surface area contributed by atoms with Gasteiger partial charge in [0.2, 0.25) is 0 Å². The first-order valence-electron chi connectivity index (χ1n) is 16.4. The number of benzene rings is 3. The zero-order valence-electron chi connectivity index (χ0n) is 26.8. The van der Waals surface area contributed by atoms with Crippen LogP contribution >= 0.6 is 0 Å². The van der Waals surface area contributed by atoms with E-state index in [1.165, 1.54) is 36.9 Å². The molecule has 3 unspecified atom stereocenters. The molecule has 2 fully saturated rings. The van der Waals surface area contributed by atoms with Gasteiger partial charge in [0.25, 0.3) is 0 Å². The molecule has 7 heteroatoms. The maximum atomic E-state index is 6.49. The van der Waals surface area contributed by atoms with E-state index in [1.54, 1.807) is 0 Å². The van der Waals surface area contributed by atoms with Crippen molar-refractivity contribution in [3.63, 3.8) is 0 Å².